The Balaban J connectivity index is 1.51. The van der Waals surface area contributed by atoms with Gasteiger partial charge in [-0.2, -0.15) is 4.31 Å². The van der Waals surface area contributed by atoms with Crippen LogP contribution in [-0.2, 0) is 41.9 Å². The van der Waals surface area contributed by atoms with Crippen LogP contribution in [0.2, 0.25) is 0 Å². The molecule has 1 spiro atoms. The molecule has 0 radical (unpaired) electrons. The topological polar surface area (TPSA) is 102 Å². The lowest BCUT2D eigenvalue weighted by Gasteiger charge is -2.65. The maximum absolute atomic E-state index is 13.8. The number of likely N-dealkylation sites (tertiary alicyclic amines) is 1. The van der Waals surface area contributed by atoms with Crippen LogP contribution in [0.3, 0.4) is 0 Å². The van der Waals surface area contributed by atoms with Crippen molar-refractivity contribution in [3.8, 4) is 11.5 Å². The van der Waals surface area contributed by atoms with Crippen LogP contribution in [0.25, 0.3) is 0 Å². The van der Waals surface area contributed by atoms with Gasteiger partial charge in [0.1, 0.15) is 11.7 Å². The van der Waals surface area contributed by atoms with Crippen LogP contribution in [-0.4, -0.2) is 73.5 Å². The Morgan fingerprint density at radius 1 is 1.15 bits per heavy atom. The Labute approximate surface area is 241 Å². The van der Waals surface area contributed by atoms with Crippen molar-refractivity contribution in [2.75, 3.05) is 20.1 Å². The summed E-state index contributed by atoms with van der Waals surface area (Å²) in [5.74, 6) is -0.238. The third-order valence-corrected chi connectivity index (χ3v) is 11.4. The molecule has 10 heteroatoms. The molecule has 1 saturated heterocycles. The molecule has 2 aromatic carbocycles. The first-order valence-corrected chi connectivity index (χ1v) is 15.7. The predicted octanol–water partition coefficient (Wildman–Crippen LogP) is 3.35. The summed E-state index contributed by atoms with van der Waals surface area (Å²) in [7, 11) is -2.12. The van der Waals surface area contributed by atoms with Crippen molar-refractivity contribution < 1.29 is 32.2 Å². The molecular formula is C31H36N2O7S. The molecule has 2 bridgehead atoms. The number of sulfonamides is 1. The lowest BCUT2D eigenvalue weighted by atomic mass is 9.48. The molecule has 2 fully saturated rings. The van der Waals surface area contributed by atoms with E-state index in [9.17, 15) is 18.0 Å². The van der Waals surface area contributed by atoms with Crippen LogP contribution in [0.15, 0.2) is 55.1 Å². The zero-order valence-electron chi connectivity index (χ0n) is 23.7. The van der Waals surface area contributed by atoms with E-state index in [2.05, 4.69) is 11.5 Å². The van der Waals surface area contributed by atoms with Crippen LogP contribution in [0.4, 0.5) is 0 Å². The van der Waals surface area contributed by atoms with Crippen molar-refractivity contribution in [1.29, 1.82) is 0 Å². The Morgan fingerprint density at radius 2 is 1.90 bits per heavy atom. The molecule has 41 heavy (non-hydrogen) atoms. The third kappa shape index (κ3) is 4.13. The van der Waals surface area contributed by atoms with Gasteiger partial charge < -0.3 is 14.2 Å². The molecule has 4 aliphatic rings. The largest absolute Gasteiger partial charge is 0.483 e. The quantitative estimate of drug-likeness (QED) is 0.266. The van der Waals surface area contributed by atoms with E-state index >= 15 is 0 Å². The smallest absolute Gasteiger partial charge is 0.308 e. The molecule has 2 heterocycles. The Morgan fingerprint density at radius 3 is 2.59 bits per heavy atom. The van der Waals surface area contributed by atoms with E-state index in [0.717, 1.165) is 11.1 Å². The van der Waals surface area contributed by atoms with Crippen molar-refractivity contribution in [3.63, 3.8) is 0 Å². The highest BCUT2D eigenvalue weighted by Crippen LogP contribution is 2.67. The number of hydrogen-bond acceptors (Lipinski definition) is 8. The fraction of sp³-hybridized carbons (Fsp3) is 0.484. The van der Waals surface area contributed by atoms with Crippen LogP contribution in [0, 0.1) is 0 Å². The van der Waals surface area contributed by atoms with Crippen LogP contribution in [0.5, 0.6) is 11.5 Å². The fourth-order valence-corrected chi connectivity index (χ4v) is 9.56. The minimum atomic E-state index is -3.73. The second-order valence-electron chi connectivity index (χ2n) is 11.6. The SMILES string of the molecule is C=CCN1CC[C@]23c4c5ccc(OC(C)=O)c4O[C@H]2[C@H](N(C)S(=O)(=O)Cc2ccccc2)CC[C@@]3(OC(C)=O)[C@H]1C5. The summed E-state index contributed by atoms with van der Waals surface area (Å²) in [5, 5.41) is 0. The van der Waals surface area contributed by atoms with Gasteiger partial charge in [-0.15, -0.1) is 6.58 Å². The molecule has 0 aromatic heterocycles. The third-order valence-electron chi connectivity index (χ3n) is 9.53. The first kappa shape index (κ1) is 27.9. The Kier molecular flexibility index (Phi) is 6.79. The zero-order chi connectivity index (χ0) is 29.2. The monoisotopic (exact) mass is 580 g/mol. The van der Waals surface area contributed by atoms with Crippen LogP contribution >= 0.6 is 0 Å². The number of carbonyl (C=O) groups excluding carboxylic acids is 2. The van der Waals surface area contributed by atoms with Gasteiger partial charge in [0, 0.05) is 39.5 Å². The molecule has 9 nitrogen and oxygen atoms in total. The second-order valence-corrected chi connectivity index (χ2v) is 13.7. The van der Waals surface area contributed by atoms with Crippen LogP contribution in [0.1, 0.15) is 49.8 Å². The molecule has 0 N–H and O–H groups in total. The van der Waals surface area contributed by atoms with Gasteiger partial charge in [0.2, 0.25) is 10.0 Å². The van der Waals surface area contributed by atoms with Crippen LogP contribution < -0.4 is 9.47 Å². The van der Waals surface area contributed by atoms with Gasteiger partial charge in [-0.1, -0.05) is 42.5 Å². The van der Waals surface area contributed by atoms with E-state index in [1.54, 1.807) is 25.2 Å². The van der Waals surface area contributed by atoms with E-state index in [1.165, 1.54) is 18.2 Å². The van der Waals surface area contributed by atoms with E-state index in [-0.39, 0.29) is 17.8 Å². The van der Waals surface area contributed by atoms with E-state index < -0.39 is 39.2 Å². The Bertz CT molecular complexity index is 1510. The van der Waals surface area contributed by atoms with Crippen molar-refractivity contribution in [3.05, 3.63) is 71.8 Å². The number of rotatable bonds is 8. The number of likely N-dealkylation sites (N-methyl/N-ethyl adjacent to an activating group) is 1. The lowest BCUT2D eigenvalue weighted by Crippen LogP contribution is -2.79. The summed E-state index contributed by atoms with van der Waals surface area (Å²) in [4.78, 5) is 27.2. The molecule has 1 saturated carbocycles. The number of carbonyl (C=O) groups is 2. The lowest BCUT2D eigenvalue weighted by molar-refractivity contribution is -0.220. The van der Waals surface area contributed by atoms with Gasteiger partial charge in [0.05, 0.1) is 23.3 Å². The van der Waals surface area contributed by atoms with Crippen molar-refractivity contribution in [1.82, 2.24) is 9.21 Å². The van der Waals surface area contributed by atoms with Crippen molar-refractivity contribution in [2.24, 2.45) is 0 Å². The maximum Gasteiger partial charge on any atom is 0.308 e. The number of nitrogens with zero attached hydrogens (tertiary/aromatic N) is 2. The van der Waals surface area contributed by atoms with Gasteiger partial charge in [0.25, 0.3) is 0 Å². The standard InChI is InChI=1S/C31H36N2O7S/c1-5-16-33-17-15-30-27-23-11-12-25(38-20(2)34)28(27)39-29(30)24(13-14-31(30,26(33)18-23)40-21(3)35)32(4)41(36,37)19-22-9-7-6-8-10-22/h5-12,24,26,29H,1,13-19H2,2-4H3/t24-,26-,29+,30+,31-/m1/s1. The minimum absolute atomic E-state index is 0.137. The summed E-state index contributed by atoms with van der Waals surface area (Å²) in [6.45, 7) is 8.06. The summed E-state index contributed by atoms with van der Waals surface area (Å²) < 4.78 is 47.9. The molecular weight excluding hydrogens is 544 g/mol. The van der Waals surface area contributed by atoms with E-state index in [1.807, 2.05) is 30.3 Å². The highest BCUT2D eigenvalue weighted by molar-refractivity contribution is 7.88. The number of hydrogen-bond donors (Lipinski definition) is 0. The summed E-state index contributed by atoms with van der Waals surface area (Å²) in [5.41, 5.74) is 0.858. The summed E-state index contributed by atoms with van der Waals surface area (Å²) in [6.07, 6.45) is 3.33. The summed E-state index contributed by atoms with van der Waals surface area (Å²) in [6, 6.07) is 12.2. The number of ether oxygens (including phenoxy) is 3. The number of piperidine rings is 1. The van der Waals surface area contributed by atoms with E-state index in [0.29, 0.717) is 55.8 Å². The molecule has 2 aromatic rings. The van der Waals surface area contributed by atoms with Gasteiger partial charge in [-0.05, 0) is 42.9 Å². The summed E-state index contributed by atoms with van der Waals surface area (Å²) >= 11 is 0. The zero-order valence-corrected chi connectivity index (χ0v) is 24.5. The fourth-order valence-electron chi connectivity index (χ4n) is 8.11. The highest BCUT2D eigenvalue weighted by Gasteiger charge is 2.75. The second kappa shape index (κ2) is 9.96. The molecule has 5 atom stereocenters. The molecule has 0 amide bonds. The highest BCUT2D eigenvalue weighted by atomic mass is 32.2. The van der Waals surface area contributed by atoms with Gasteiger partial charge in [-0.3, -0.25) is 14.5 Å². The van der Waals surface area contributed by atoms with Crippen molar-refractivity contribution >= 4 is 22.0 Å². The van der Waals surface area contributed by atoms with Gasteiger partial charge in [0.15, 0.2) is 11.5 Å². The first-order valence-electron chi connectivity index (χ1n) is 14.1. The maximum atomic E-state index is 13.8. The number of esters is 2. The molecule has 0 unspecified atom stereocenters. The molecule has 2 aliphatic carbocycles. The number of benzene rings is 2. The van der Waals surface area contributed by atoms with Gasteiger partial charge >= 0.3 is 11.9 Å². The minimum Gasteiger partial charge on any atom is -0.483 e. The van der Waals surface area contributed by atoms with Gasteiger partial charge in [-0.25, -0.2) is 8.42 Å². The van der Waals surface area contributed by atoms with E-state index in [4.69, 9.17) is 14.2 Å². The normalized spacial score (nSPS) is 29.8. The average Bonchev–Trinajstić information content (AvgIpc) is 3.26. The molecule has 218 valence electrons. The first-order chi connectivity index (χ1) is 19.5. The van der Waals surface area contributed by atoms with Crippen molar-refractivity contribution in [2.45, 2.75) is 74.5 Å². The Hall–Kier alpha value is -3.21. The predicted molar refractivity (Wildman–Crippen MR) is 152 cm³/mol. The molecule has 2 aliphatic heterocycles. The average molecular weight is 581 g/mol. The molecule has 6 rings (SSSR count).